The second-order valence-corrected chi connectivity index (χ2v) is 8.44. The van der Waals surface area contributed by atoms with Gasteiger partial charge in [-0.2, -0.15) is 0 Å². The summed E-state index contributed by atoms with van der Waals surface area (Å²) >= 11 is 2.17. The lowest BCUT2D eigenvalue weighted by Gasteiger charge is -2.17. The number of nitrogens with one attached hydrogen (secondary N) is 1. The van der Waals surface area contributed by atoms with Gasteiger partial charge in [-0.1, -0.05) is 60.7 Å². The number of carbonyl (C=O) groups is 2. The van der Waals surface area contributed by atoms with Gasteiger partial charge in [-0.25, -0.2) is 9.59 Å². The highest BCUT2D eigenvalue weighted by Crippen LogP contribution is 2.44. The van der Waals surface area contributed by atoms with Crippen molar-refractivity contribution in [1.82, 2.24) is 5.32 Å². The first-order chi connectivity index (χ1) is 14.5. The molecule has 1 amide bonds. The Morgan fingerprint density at radius 1 is 0.967 bits per heavy atom. The third-order valence-corrected chi connectivity index (χ3v) is 5.93. The van der Waals surface area contributed by atoms with Gasteiger partial charge in [0.15, 0.2) is 0 Å². The molecule has 0 radical (unpaired) electrons. The molecule has 3 aromatic rings. The summed E-state index contributed by atoms with van der Waals surface area (Å²) in [6, 6.07) is 22.6. The third kappa shape index (κ3) is 4.33. The summed E-state index contributed by atoms with van der Waals surface area (Å²) < 4.78 is 6.48. The normalized spacial score (nSPS) is 13.2. The number of ether oxygens (including phenoxy) is 1. The summed E-state index contributed by atoms with van der Waals surface area (Å²) in [7, 11) is 0. The number of rotatable bonds is 6. The zero-order valence-electron chi connectivity index (χ0n) is 16.0. The Labute approximate surface area is 188 Å². The topological polar surface area (TPSA) is 75.6 Å². The Balaban J connectivity index is 1.43. The van der Waals surface area contributed by atoms with Crippen LogP contribution in [0.15, 0.2) is 72.8 Å². The Bertz CT molecular complexity index is 1050. The summed E-state index contributed by atoms with van der Waals surface area (Å²) in [4.78, 5) is 24.0. The van der Waals surface area contributed by atoms with Gasteiger partial charge >= 0.3 is 12.1 Å². The molecule has 0 saturated heterocycles. The van der Waals surface area contributed by atoms with Gasteiger partial charge < -0.3 is 15.2 Å². The number of halogens is 1. The Morgan fingerprint density at radius 2 is 1.60 bits per heavy atom. The Kier molecular flexibility index (Phi) is 6.03. The summed E-state index contributed by atoms with van der Waals surface area (Å²) in [5, 5.41) is 12.0. The fourth-order valence-electron chi connectivity index (χ4n) is 3.88. The minimum Gasteiger partial charge on any atom is -0.480 e. The number of carboxylic acid groups (broad SMARTS) is 1. The van der Waals surface area contributed by atoms with Gasteiger partial charge in [0.2, 0.25) is 0 Å². The van der Waals surface area contributed by atoms with Gasteiger partial charge in [0, 0.05) is 15.9 Å². The molecular weight excluding hydrogens is 493 g/mol. The van der Waals surface area contributed by atoms with Crippen molar-refractivity contribution in [3.63, 3.8) is 0 Å². The first-order valence-corrected chi connectivity index (χ1v) is 10.7. The fourth-order valence-corrected chi connectivity index (χ4v) is 4.49. The maximum atomic E-state index is 12.4. The van der Waals surface area contributed by atoms with Gasteiger partial charge in [0.25, 0.3) is 0 Å². The molecular formula is C24H20INO4. The van der Waals surface area contributed by atoms with E-state index in [-0.39, 0.29) is 18.9 Å². The molecule has 1 aliphatic rings. The predicted molar refractivity (Wildman–Crippen MR) is 122 cm³/mol. The van der Waals surface area contributed by atoms with Crippen molar-refractivity contribution < 1.29 is 19.4 Å². The highest BCUT2D eigenvalue weighted by molar-refractivity contribution is 14.1. The van der Waals surface area contributed by atoms with Crippen LogP contribution in [0, 0.1) is 3.57 Å². The molecule has 6 heteroatoms. The highest BCUT2D eigenvalue weighted by atomic mass is 127. The third-order valence-electron chi connectivity index (χ3n) is 5.26. The van der Waals surface area contributed by atoms with E-state index in [0.717, 1.165) is 31.4 Å². The fraction of sp³-hybridized carbons (Fsp3) is 0.167. The van der Waals surface area contributed by atoms with Crippen LogP contribution in [0.2, 0.25) is 0 Å². The molecule has 2 N–H and O–H groups in total. The van der Waals surface area contributed by atoms with Crippen molar-refractivity contribution in [1.29, 1.82) is 0 Å². The molecule has 0 heterocycles. The molecule has 30 heavy (non-hydrogen) atoms. The monoisotopic (exact) mass is 513 g/mol. The maximum Gasteiger partial charge on any atom is 0.407 e. The number of hydrogen-bond acceptors (Lipinski definition) is 3. The average molecular weight is 513 g/mol. The van der Waals surface area contributed by atoms with Crippen molar-refractivity contribution in [2.45, 2.75) is 18.4 Å². The second-order valence-electron chi connectivity index (χ2n) is 7.19. The largest absolute Gasteiger partial charge is 0.480 e. The molecule has 0 aliphatic heterocycles. The van der Waals surface area contributed by atoms with Crippen LogP contribution in [0.1, 0.15) is 22.6 Å². The van der Waals surface area contributed by atoms with E-state index in [4.69, 9.17) is 4.74 Å². The molecule has 5 nitrogen and oxygen atoms in total. The van der Waals surface area contributed by atoms with E-state index in [2.05, 4.69) is 40.0 Å². The van der Waals surface area contributed by atoms with Crippen LogP contribution in [-0.2, 0) is 16.0 Å². The summed E-state index contributed by atoms with van der Waals surface area (Å²) in [6.45, 7) is 0.148. The number of carbonyl (C=O) groups excluding carboxylic acids is 1. The van der Waals surface area contributed by atoms with E-state index >= 15 is 0 Å². The van der Waals surface area contributed by atoms with Crippen LogP contribution < -0.4 is 5.32 Å². The molecule has 1 unspecified atom stereocenters. The van der Waals surface area contributed by atoms with Crippen molar-refractivity contribution in [2.24, 2.45) is 0 Å². The molecule has 4 rings (SSSR count). The van der Waals surface area contributed by atoms with E-state index < -0.39 is 18.1 Å². The number of aliphatic carboxylic acids is 1. The predicted octanol–water partition coefficient (Wildman–Crippen LogP) is 4.83. The molecule has 152 valence electrons. The molecule has 0 saturated carbocycles. The van der Waals surface area contributed by atoms with Gasteiger partial charge in [0.1, 0.15) is 12.6 Å². The number of alkyl carbamates (subject to hydrolysis) is 1. The van der Waals surface area contributed by atoms with Gasteiger partial charge in [-0.15, -0.1) is 0 Å². The Hall–Kier alpha value is -2.87. The zero-order chi connectivity index (χ0) is 21.1. The highest BCUT2D eigenvalue weighted by Gasteiger charge is 2.29. The van der Waals surface area contributed by atoms with Gasteiger partial charge in [-0.3, -0.25) is 0 Å². The van der Waals surface area contributed by atoms with E-state index in [1.807, 2.05) is 60.7 Å². The lowest BCUT2D eigenvalue weighted by Crippen LogP contribution is -2.42. The molecule has 1 aliphatic carbocycles. The van der Waals surface area contributed by atoms with Crippen LogP contribution in [0.3, 0.4) is 0 Å². The average Bonchev–Trinajstić information content (AvgIpc) is 3.06. The van der Waals surface area contributed by atoms with Crippen molar-refractivity contribution >= 4 is 34.7 Å². The lowest BCUT2D eigenvalue weighted by atomic mass is 9.98. The first kappa shape index (κ1) is 20.4. The van der Waals surface area contributed by atoms with Crippen molar-refractivity contribution in [2.75, 3.05) is 6.61 Å². The number of carboxylic acids is 1. The Morgan fingerprint density at radius 3 is 2.20 bits per heavy atom. The van der Waals surface area contributed by atoms with Gasteiger partial charge in [0.05, 0.1) is 0 Å². The van der Waals surface area contributed by atoms with Crippen LogP contribution >= 0.6 is 22.6 Å². The van der Waals surface area contributed by atoms with Crippen LogP contribution in [-0.4, -0.2) is 29.8 Å². The van der Waals surface area contributed by atoms with Crippen LogP contribution in [0.25, 0.3) is 11.1 Å². The summed E-state index contributed by atoms with van der Waals surface area (Å²) in [5.41, 5.74) is 5.35. The van der Waals surface area contributed by atoms with E-state index in [0.29, 0.717) is 0 Å². The van der Waals surface area contributed by atoms with E-state index in [9.17, 15) is 14.7 Å². The van der Waals surface area contributed by atoms with Crippen LogP contribution in [0.4, 0.5) is 4.79 Å². The van der Waals surface area contributed by atoms with E-state index in [1.54, 1.807) is 0 Å². The second kappa shape index (κ2) is 8.87. The lowest BCUT2D eigenvalue weighted by molar-refractivity contribution is -0.139. The van der Waals surface area contributed by atoms with Gasteiger partial charge in [-0.05, 0) is 62.5 Å². The number of amides is 1. The molecule has 0 aromatic heterocycles. The van der Waals surface area contributed by atoms with Crippen LogP contribution in [0.5, 0.6) is 0 Å². The summed E-state index contributed by atoms with van der Waals surface area (Å²) in [6.07, 6.45) is -0.536. The minimum absolute atomic E-state index is 0.0675. The maximum absolute atomic E-state index is 12.4. The molecule has 0 spiro atoms. The van der Waals surface area contributed by atoms with Crippen molar-refractivity contribution in [3.05, 3.63) is 93.1 Å². The smallest absolute Gasteiger partial charge is 0.407 e. The van der Waals surface area contributed by atoms with Crippen molar-refractivity contribution in [3.8, 4) is 11.1 Å². The summed E-state index contributed by atoms with van der Waals surface area (Å²) in [5.74, 6) is -1.16. The zero-order valence-corrected chi connectivity index (χ0v) is 18.2. The first-order valence-electron chi connectivity index (χ1n) is 9.61. The van der Waals surface area contributed by atoms with E-state index in [1.165, 1.54) is 0 Å². The molecule has 1 atom stereocenters. The quantitative estimate of drug-likeness (QED) is 0.464. The SMILES string of the molecule is O=C(NC(Cc1cccc(I)c1)C(=O)O)OCC1c2ccccc2-c2ccccc21. The number of benzene rings is 3. The minimum atomic E-state index is -1.10. The molecule has 0 bridgehead atoms. The standard InChI is InChI=1S/C24H20INO4/c25-16-7-5-6-15(12-16)13-22(23(27)28)26-24(29)30-14-21-19-10-3-1-8-17(19)18-9-2-4-11-20(18)21/h1-12,21-22H,13-14H2,(H,26,29)(H,27,28). The molecule has 3 aromatic carbocycles. The number of fused-ring (bicyclic) bond motifs is 3. The molecule has 0 fully saturated rings. The number of hydrogen-bond donors (Lipinski definition) is 2.